The molecule has 1 fully saturated rings. The van der Waals surface area contributed by atoms with E-state index < -0.39 is 0 Å². The minimum absolute atomic E-state index is 0.148. The molecule has 1 aliphatic rings. The Morgan fingerprint density at radius 2 is 2.33 bits per heavy atom. The molecule has 4 heteroatoms. The Labute approximate surface area is 99.0 Å². The SMILES string of the molecule is CC1CNC(c2ccc(O)c(Cl)c2)SC1. The molecule has 0 saturated carbocycles. The van der Waals surface area contributed by atoms with E-state index in [9.17, 15) is 5.11 Å². The van der Waals surface area contributed by atoms with E-state index in [1.807, 2.05) is 23.9 Å². The fraction of sp³-hybridized carbons (Fsp3) is 0.455. The highest BCUT2D eigenvalue weighted by atomic mass is 35.5. The number of rotatable bonds is 1. The quantitative estimate of drug-likeness (QED) is 0.795. The van der Waals surface area contributed by atoms with Gasteiger partial charge in [-0.3, -0.25) is 0 Å². The van der Waals surface area contributed by atoms with E-state index in [4.69, 9.17) is 11.6 Å². The number of thioether (sulfide) groups is 1. The topological polar surface area (TPSA) is 32.3 Å². The van der Waals surface area contributed by atoms with Crippen LogP contribution in [-0.4, -0.2) is 17.4 Å². The molecule has 0 amide bonds. The molecule has 0 aliphatic carbocycles. The lowest BCUT2D eigenvalue weighted by molar-refractivity contribution is 0.474. The Kier molecular flexibility index (Phi) is 3.44. The zero-order valence-electron chi connectivity index (χ0n) is 8.53. The van der Waals surface area contributed by atoms with Crippen molar-refractivity contribution in [3.8, 4) is 5.75 Å². The highest BCUT2D eigenvalue weighted by Crippen LogP contribution is 2.34. The monoisotopic (exact) mass is 243 g/mol. The molecule has 2 nitrogen and oxygen atoms in total. The average molecular weight is 244 g/mol. The first kappa shape index (κ1) is 11.1. The average Bonchev–Trinajstić information content (AvgIpc) is 2.23. The second-order valence-corrected chi connectivity index (χ2v) is 5.48. The second kappa shape index (κ2) is 4.64. The molecule has 2 atom stereocenters. The van der Waals surface area contributed by atoms with Crippen molar-refractivity contribution in [2.24, 2.45) is 5.92 Å². The van der Waals surface area contributed by atoms with Crippen molar-refractivity contribution in [1.29, 1.82) is 0 Å². The van der Waals surface area contributed by atoms with E-state index in [-0.39, 0.29) is 5.75 Å². The molecule has 2 rings (SSSR count). The Balaban J connectivity index is 2.12. The molecule has 2 unspecified atom stereocenters. The molecule has 82 valence electrons. The summed E-state index contributed by atoms with van der Waals surface area (Å²) in [6.07, 6.45) is 0. The van der Waals surface area contributed by atoms with Crippen LogP contribution in [0, 0.1) is 5.92 Å². The molecule has 1 aromatic rings. The van der Waals surface area contributed by atoms with Gasteiger partial charge in [-0.25, -0.2) is 0 Å². The maximum absolute atomic E-state index is 9.32. The fourth-order valence-corrected chi connectivity index (χ4v) is 2.97. The van der Waals surface area contributed by atoms with Crippen LogP contribution in [0.1, 0.15) is 17.9 Å². The van der Waals surface area contributed by atoms with Crippen molar-refractivity contribution < 1.29 is 5.11 Å². The molecule has 1 saturated heterocycles. The van der Waals surface area contributed by atoms with E-state index in [1.165, 1.54) is 0 Å². The van der Waals surface area contributed by atoms with E-state index >= 15 is 0 Å². The van der Waals surface area contributed by atoms with Crippen LogP contribution < -0.4 is 5.32 Å². The highest BCUT2D eigenvalue weighted by Gasteiger charge is 2.19. The van der Waals surface area contributed by atoms with Gasteiger partial charge in [-0.15, -0.1) is 11.8 Å². The third-order valence-electron chi connectivity index (χ3n) is 2.47. The van der Waals surface area contributed by atoms with E-state index in [2.05, 4.69) is 12.2 Å². The van der Waals surface area contributed by atoms with Gasteiger partial charge in [-0.05, 0) is 35.9 Å². The lowest BCUT2D eigenvalue weighted by Crippen LogP contribution is -2.31. The van der Waals surface area contributed by atoms with Gasteiger partial charge in [0.2, 0.25) is 0 Å². The van der Waals surface area contributed by atoms with Crippen LogP contribution in [-0.2, 0) is 0 Å². The predicted octanol–water partition coefficient (Wildman–Crippen LogP) is 3.02. The molecule has 2 N–H and O–H groups in total. The minimum atomic E-state index is 0.148. The minimum Gasteiger partial charge on any atom is -0.506 e. The summed E-state index contributed by atoms with van der Waals surface area (Å²) in [5.41, 5.74) is 1.13. The number of halogens is 1. The van der Waals surface area contributed by atoms with Gasteiger partial charge in [0, 0.05) is 0 Å². The van der Waals surface area contributed by atoms with Gasteiger partial charge < -0.3 is 10.4 Å². The van der Waals surface area contributed by atoms with Crippen molar-refractivity contribution in [2.75, 3.05) is 12.3 Å². The lowest BCUT2D eigenvalue weighted by atomic mass is 10.1. The van der Waals surface area contributed by atoms with Crippen molar-refractivity contribution in [2.45, 2.75) is 12.3 Å². The molecule has 0 spiro atoms. The largest absolute Gasteiger partial charge is 0.506 e. The van der Waals surface area contributed by atoms with Crippen LogP contribution in [0.2, 0.25) is 5.02 Å². The normalized spacial score (nSPS) is 26.5. The van der Waals surface area contributed by atoms with Crippen molar-refractivity contribution in [3.63, 3.8) is 0 Å². The van der Waals surface area contributed by atoms with E-state index in [0.717, 1.165) is 23.8 Å². The number of phenols is 1. The van der Waals surface area contributed by atoms with Gasteiger partial charge in [0.15, 0.2) is 0 Å². The summed E-state index contributed by atoms with van der Waals surface area (Å²) in [5.74, 6) is 2.03. The van der Waals surface area contributed by atoms with Crippen molar-refractivity contribution in [1.82, 2.24) is 5.32 Å². The van der Waals surface area contributed by atoms with Gasteiger partial charge in [-0.1, -0.05) is 24.6 Å². The molecule has 1 heterocycles. The maximum atomic E-state index is 9.32. The molecule has 0 bridgehead atoms. The first-order chi connectivity index (χ1) is 7.16. The molecule has 15 heavy (non-hydrogen) atoms. The van der Waals surface area contributed by atoms with Gasteiger partial charge in [-0.2, -0.15) is 0 Å². The van der Waals surface area contributed by atoms with Crippen molar-refractivity contribution in [3.05, 3.63) is 28.8 Å². The number of hydrogen-bond acceptors (Lipinski definition) is 3. The standard InChI is InChI=1S/C11H14ClNOS/c1-7-5-13-11(15-6-7)8-2-3-10(14)9(12)4-8/h2-4,7,11,13-14H,5-6H2,1H3. The molecule has 1 aromatic carbocycles. The van der Waals surface area contributed by atoms with E-state index in [1.54, 1.807) is 6.07 Å². The molecule has 0 aromatic heterocycles. The third-order valence-corrected chi connectivity index (χ3v) is 4.31. The van der Waals surface area contributed by atoms with Gasteiger partial charge in [0.05, 0.1) is 10.4 Å². The van der Waals surface area contributed by atoms with Gasteiger partial charge in [0.25, 0.3) is 0 Å². The van der Waals surface area contributed by atoms with Crippen LogP contribution in [0.25, 0.3) is 0 Å². The molecule has 1 aliphatic heterocycles. The molecule has 0 radical (unpaired) electrons. The number of nitrogens with one attached hydrogen (secondary N) is 1. The number of hydrogen-bond donors (Lipinski definition) is 2. The Bertz CT molecular complexity index is 350. The summed E-state index contributed by atoms with van der Waals surface area (Å²) < 4.78 is 0. The Hall–Kier alpha value is -0.380. The van der Waals surface area contributed by atoms with Crippen molar-refractivity contribution >= 4 is 23.4 Å². The Morgan fingerprint density at radius 3 is 2.93 bits per heavy atom. The third kappa shape index (κ3) is 2.60. The van der Waals surface area contributed by atoms with Crippen LogP contribution in [0.15, 0.2) is 18.2 Å². The number of phenolic OH excluding ortho intramolecular Hbond substituents is 1. The summed E-state index contributed by atoms with van der Waals surface area (Å²) in [6, 6.07) is 5.40. The summed E-state index contributed by atoms with van der Waals surface area (Å²) in [4.78, 5) is 0. The number of benzene rings is 1. The smallest absolute Gasteiger partial charge is 0.134 e. The highest BCUT2D eigenvalue weighted by molar-refractivity contribution is 7.99. The van der Waals surface area contributed by atoms with Gasteiger partial charge in [0.1, 0.15) is 5.75 Å². The van der Waals surface area contributed by atoms with Gasteiger partial charge >= 0.3 is 0 Å². The maximum Gasteiger partial charge on any atom is 0.134 e. The summed E-state index contributed by atoms with van der Waals surface area (Å²) in [7, 11) is 0. The van der Waals surface area contributed by atoms with Crippen LogP contribution in [0.4, 0.5) is 0 Å². The fourth-order valence-electron chi connectivity index (χ4n) is 1.59. The second-order valence-electron chi connectivity index (χ2n) is 3.94. The van der Waals surface area contributed by atoms with Crippen LogP contribution in [0.5, 0.6) is 5.75 Å². The first-order valence-corrected chi connectivity index (χ1v) is 6.43. The lowest BCUT2D eigenvalue weighted by Gasteiger charge is -2.27. The summed E-state index contributed by atoms with van der Waals surface area (Å²) >= 11 is 7.76. The Morgan fingerprint density at radius 1 is 1.53 bits per heavy atom. The number of aromatic hydroxyl groups is 1. The zero-order valence-corrected chi connectivity index (χ0v) is 10.1. The molecular weight excluding hydrogens is 230 g/mol. The molecular formula is C11H14ClNOS. The predicted molar refractivity (Wildman–Crippen MR) is 65.5 cm³/mol. The van der Waals surface area contributed by atoms with Crippen LogP contribution in [0.3, 0.4) is 0 Å². The van der Waals surface area contributed by atoms with E-state index in [0.29, 0.717) is 10.4 Å². The summed E-state index contributed by atoms with van der Waals surface area (Å²) in [6.45, 7) is 3.27. The first-order valence-electron chi connectivity index (χ1n) is 5.00. The van der Waals surface area contributed by atoms with Crippen LogP contribution >= 0.6 is 23.4 Å². The summed E-state index contributed by atoms with van der Waals surface area (Å²) in [5, 5.41) is 13.5. The zero-order chi connectivity index (χ0) is 10.8.